The Morgan fingerprint density at radius 2 is 0.426 bits per heavy atom. The second-order valence-electron chi connectivity index (χ2n) is 26.5. The number of benzene rings is 11. The molecular formula is C90H102Br4. The third kappa shape index (κ3) is 23.6. The van der Waals surface area contributed by atoms with Crippen LogP contribution < -0.4 is 0 Å². The van der Waals surface area contributed by atoms with Gasteiger partial charge in [-0.2, -0.15) is 0 Å². The van der Waals surface area contributed by atoms with Crippen molar-refractivity contribution in [3.05, 3.63) is 346 Å². The van der Waals surface area contributed by atoms with Crippen molar-refractivity contribution < 1.29 is 0 Å². The third-order valence-corrected chi connectivity index (χ3v) is 21.3. The molecule has 0 spiro atoms. The normalized spacial score (nSPS) is 10.5. The molecule has 0 aliphatic heterocycles. The van der Waals surface area contributed by atoms with Crippen LogP contribution in [-0.4, -0.2) is 0 Å². The van der Waals surface area contributed by atoms with Gasteiger partial charge < -0.3 is 0 Å². The summed E-state index contributed by atoms with van der Waals surface area (Å²) in [5.41, 5.74) is 38.6. The topological polar surface area (TPSA) is 0 Å². The van der Waals surface area contributed by atoms with Crippen LogP contribution in [0, 0.1) is 145 Å². The van der Waals surface area contributed by atoms with Gasteiger partial charge in [0.25, 0.3) is 0 Å². The fourth-order valence-electron chi connectivity index (χ4n) is 10.3. The zero-order chi connectivity index (χ0) is 69.9. The molecule has 0 atom stereocenters. The van der Waals surface area contributed by atoms with Gasteiger partial charge in [-0.05, 0) is 292 Å². The molecule has 0 aliphatic carbocycles. The highest BCUT2D eigenvalue weighted by Gasteiger charge is 2.26. The van der Waals surface area contributed by atoms with Crippen LogP contribution in [0.15, 0.2) is 218 Å². The van der Waals surface area contributed by atoms with Crippen molar-refractivity contribution in [1.29, 1.82) is 0 Å². The van der Waals surface area contributed by atoms with Crippen LogP contribution in [-0.2, 0) is 5.41 Å². The number of rotatable bonds is 5. The molecule has 0 fully saturated rings. The lowest BCUT2D eigenvalue weighted by atomic mass is 9.78. The molecule has 11 aromatic carbocycles. The molecule has 0 radical (unpaired) electrons. The first-order chi connectivity index (χ1) is 44.1. The number of hydrogen-bond acceptors (Lipinski definition) is 0. The van der Waals surface area contributed by atoms with E-state index in [9.17, 15) is 0 Å². The smallest absolute Gasteiger partial charge is 0.0218 e. The second-order valence-corrected chi connectivity index (χ2v) is 29.9. The molecule has 0 saturated carbocycles. The quantitative estimate of drug-likeness (QED) is 0.161. The molecule has 490 valence electrons. The Bertz CT molecular complexity index is 3950. The lowest BCUT2D eigenvalue weighted by Crippen LogP contribution is -2.19. The molecule has 11 aromatic rings. The number of aryl methyl sites for hydroxylation is 17. The zero-order valence-electron chi connectivity index (χ0n) is 60.6. The molecule has 0 unspecified atom stereocenters. The van der Waals surface area contributed by atoms with Crippen molar-refractivity contribution >= 4 is 63.7 Å². The predicted octanol–water partition coefficient (Wildman–Crippen LogP) is 28.7. The van der Waals surface area contributed by atoms with Gasteiger partial charge in [0.2, 0.25) is 0 Å². The van der Waals surface area contributed by atoms with Crippen molar-refractivity contribution in [3.8, 4) is 33.4 Å². The second kappa shape index (κ2) is 36.5. The Balaban J connectivity index is 0.000000204. The Morgan fingerprint density at radius 3 is 0.681 bits per heavy atom. The molecule has 0 aliphatic rings. The molecule has 4 heteroatoms. The van der Waals surface area contributed by atoms with Crippen LogP contribution in [0.5, 0.6) is 0 Å². The van der Waals surface area contributed by atoms with E-state index in [1.165, 1.54) is 161 Å². The summed E-state index contributed by atoms with van der Waals surface area (Å²) in [6.07, 6.45) is 0. The van der Waals surface area contributed by atoms with Crippen molar-refractivity contribution in [2.45, 2.75) is 165 Å². The van der Waals surface area contributed by atoms with Crippen molar-refractivity contribution in [1.82, 2.24) is 0 Å². The monoisotopic (exact) mass is 1500 g/mol. The van der Waals surface area contributed by atoms with E-state index in [1.54, 1.807) is 0 Å². The average molecular weight is 1500 g/mol. The van der Waals surface area contributed by atoms with Crippen molar-refractivity contribution in [2.24, 2.45) is 0 Å². The summed E-state index contributed by atoms with van der Waals surface area (Å²) < 4.78 is 4.52. The minimum absolute atomic E-state index is 0.0858. The van der Waals surface area contributed by atoms with Crippen LogP contribution >= 0.6 is 63.7 Å². The van der Waals surface area contributed by atoms with Gasteiger partial charge in [-0.15, -0.1) is 0 Å². The van der Waals surface area contributed by atoms with Gasteiger partial charge in [-0.25, -0.2) is 0 Å². The van der Waals surface area contributed by atoms with Gasteiger partial charge >= 0.3 is 0 Å². The van der Waals surface area contributed by atoms with Gasteiger partial charge in [-0.1, -0.05) is 292 Å². The van der Waals surface area contributed by atoms with E-state index < -0.39 is 0 Å². The molecule has 94 heavy (non-hydrogen) atoms. The maximum absolute atomic E-state index is 3.65. The SMILES string of the molecule is Cc1c(Br)cc(C(C)(C)c2cc(Br)c(C)c(Br)c2)cc1Br.Cc1cc(-c2cc(C)c(C)c(C)c2)cc(C)c1C.Cc1ccc(-c2ccc(C)c(C)c2)cc1C.Cc1ccc(-c2ccc(C)cc2)cc1.Cc1ccc(C)c(C)c1.Cc1ccc(C)cc1.Cc1cccc(C)c1. The summed E-state index contributed by atoms with van der Waals surface area (Å²) in [4.78, 5) is 0. The Hall–Kier alpha value is -6.66. The molecule has 11 rings (SSSR count). The van der Waals surface area contributed by atoms with Crippen LogP contribution in [0.4, 0.5) is 0 Å². The first-order valence-electron chi connectivity index (χ1n) is 32.6. The highest BCUT2D eigenvalue weighted by Crippen LogP contribution is 2.40. The molecule has 0 bridgehead atoms. The standard InChI is InChI=1S/C18H22.C17H16Br4.C16H18.C14H14.C9H12.2C8H10/c1-11-7-17(8-12(2)15(11)5)18-9-13(3)16(6)14(4)10-18;1-9-13(18)5-11(6-14(9)19)17(3,4)12-7-15(20)10(2)16(21)8-12;1-11-5-7-15(9-13(11)3)16-8-6-12(2)14(4)10-16;1-11-3-7-13(8-4-11)14-9-5-12(2)6-10-14;1-7-4-5-8(2)9(3)6-7;1-7-3-5-8(2)6-4-7;1-7-4-3-5-8(2)6-7/h7-10H,1-6H3;5-8H,1-4H3;5-10H,1-4H3;3-10H,1-2H3;4-6H,1-3H3;2*3-6H,1-2H3. The van der Waals surface area contributed by atoms with Crippen molar-refractivity contribution in [2.75, 3.05) is 0 Å². The van der Waals surface area contributed by atoms with E-state index in [-0.39, 0.29) is 5.41 Å². The van der Waals surface area contributed by atoms with Gasteiger partial charge in [0.1, 0.15) is 0 Å². The molecule has 0 heterocycles. The lowest BCUT2D eigenvalue weighted by Gasteiger charge is -2.28. The largest absolute Gasteiger partial charge is 0.0617 e. The molecule has 0 nitrogen and oxygen atoms in total. The van der Waals surface area contributed by atoms with Crippen molar-refractivity contribution in [3.63, 3.8) is 0 Å². The van der Waals surface area contributed by atoms with Gasteiger partial charge in [-0.3, -0.25) is 0 Å². The predicted molar refractivity (Wildman–Crippen MR) is 430 cm³/mol. The Morgan fingerprint density at radius 1 is 0.191 bits per heavy atom. The van der Waals surface area contributed by atoms with E-state index in [1.807, 2.05) is 0 Å². The van der Waals surface area contributed by atoms with Crippen LogP contribution in [0.3, 0.4) is 0 Å². The summed E-state index contributed by atoms with van der Waals surface area (Å²) in [5, 5.41) is 0. The van der Waals surface area contributed by atoms with Gasteiger partial charge in [0.05, 0.1) is 0 Å². The minimum atomic E-state index is -0.0858. The maximum Gasteiger partial charge on any atom is 0.0218 e. The number of hydrogen-bond donors (Lipinski definition) is 0. The summed E-state index contributed by atoms with van der Waals surface area (Å²) in [6, 6.07) is 72.0. The van der Waals surface area contributed by atoms with E-state index in [4.69, 9.17) is 0 Å². The third-order valence-electron chi connectivity index (χ3n) is 18.0. The lowest BCUT2D eigenvalue weighted by molar-refractivity contribution is 0.638. The highest BCUT2D eigenvalue weighted by atomic mass is 79.9. The summed E-state index contributed by atoms with van der Waals surface area (Å²) >= 11 is 14.6. The molecule has 0 saturated heterocycles. The molecular weight excluding hydrogens is 1400 g/mol. The summed E-state index contributed by atoms with van der Waals surface area (Å²) in [5.74, 6) is 0. The minimum Gasteiger partial charge on any atom is -0.0617 e. The average Bonchev–Trinajstić information content (AvgIpc) is 0.791. The van der Waals surface area contributed by atoms with E-state index >= 15 is 0 Å². The fourth-order valence-corrected chi connectivity index (χ4v) is 12.6. The fraction of sp³-hybridized carbons (Fsp3) is 0.267. The van der Waals surface area contributed by atoms with Crippen LogP contribution in [0.25, 0.3) is 33.4 Å². The first-order valence-corrected chi connectivity index (χ1v) is 35.8. The Kier molecular flexibility index (Phi) is 30.3. The van der Waals surface area contributed by atoms with Crippen LogP contribution in [0.1, 0.15) is 142 Å². The van der Waals surface area contributed by atoms with E-state index in [0.29, 0.717) is 0 Å². The zero-order valence-corrected chi connectivity index (χ0v) is 66.9. The molecule has 0 amide bonds. The van der Waals surface area contributed by atoms with Gasteiger partial charge in [0.15, 0.2) is 0 Å². The van der Waals surface area contributed by atoms with E-state index in [0.717, 1.165) is 17.9 Å². The maximum atomic E-state index is 3.65. The number of halogens is 4. The van der Waals surface area contributed by atoms with Gasteiger partial charge in [0, 0.05) is 23.3 Å². The summed E-state index contributed by atoms with van der Waals surface area (Å²) in [7, 11) is 0. The summed E-state index contributed by atoms with van der Waals surface area (Å²) in [6.45, 7) is 49.5. The molecule has 0 aromatic heterocycles. The van der Waals surface area contributed by atoms with E-state index in [2.05, 4.69) is 423 Å². The van der Waals surface area contributed by atoms with Crippen LogP contribution in [0.2, 0.25) is 0 Å². The first kappa shape index (κ1) is 78.0. The highest BCUT2D eigenvalue weighted by molar-refractivity contribution is 9.11. The Labute approximate surface area is 602 Å². The molecule has 0 N–H and O–H groups in total.